The van der Waals surface area contributed by atoms with Crippen LogP contribution in [0.3, 0.4) is 0 Å². The molecule has 0 bridgehead atoms. The minimum absolute atomic E-state index is 0.106. The summed E-state index contributed by atoms with van der Waals surface area (Å²) in [6, 6.07) is 4.63. The molecule has 116 valence electrons. The van der Waals surface area contributed by atoms with Gasteiger partial charge >= 0.3 is 0 Å². The summed E-state index contributed by atoms with van der Waals surface area (Å²) in [4.78, 5) is 25.7. The van der Waals surface area contributed by atoms with Gasteiger partial charge in [0.15, 0.2) is 0 Å². The van der Waals surface area contributed by atoms with Crippen LogP contribution in [0.15, 0.2) is 18.2 Å². The van der Waals surface area contributed by atoms with Crippen LogP contribution in [0.2, 0.25) is 0 Å². The van der Waals surface area contributed by atoms with Gasteiger partial charge in [-0.1, -0.05) is 26.8 Å². The van der Waals surface area contributed by atoms with Crippen molar-refractivity contribution < 1.29 is 9.59 Å². The fraction of sp³-hybridized carbons (Fsp3) is 0.500. The lowest BCUT2D eigenvalue weighted by Gasteiger charge is -2.26. The fourth-order valence-electron chi connectivity index (χ4n) is 1.75. The molecule has 1 atom stereocenters. The summed E-state index contributed by atoms with van der Waals surface area (Å²) >= 11 is 0. The Morgan fingerprint density at radius 2 is 1.81 bits per heavy atom. The average Bonchev–Trinajstić information content (AvgIpc) is 2.38. The lowest BCUT2D eigenvalue weighted by molar-refractivity contribution is -0.119. The van der Waals surface area contributed by atoms with E-state index in [4.69, 9.17) is 5.73 Å². The van der Waals surface area contributed by atoms with Crippen LogP contribution in [-0.2, 0) is 4.79 Å². The second-order valence-corrected chi connectivity index (χ2v) is 6.56. The van der Waals surface area contributed by atoms with Crippen LogP contribution in [0.4, 0.5) is 5.69 Å². The number of amides is 2. The van der Waals surface area contributed by atoms with Crippen molar-refractivity contribution in [2.45, 2.75) is 33.7 Å². The Morgan fingerprint density at radius 1 is 1.24 bits per heavy atom. The highest BCUT2D eigenvalue weighted by atomic mass is 16.2. The number of anilines is 1. The number of nitrogens with zero attached hydrogens (tertiary/aromatic N) is 1. The summed E-state index contributed by atoms with van der Waals surface area (Å²) in [5.41, 5.74) is 7.67. The minimum Gasteiger partial charge on any atom is -0.345 e. The molecule has 0 heterocycles. The Kier molecular flexibility index (Phi) is 5.12. The molecule has 3 N–H and O–H groups in total. The maximum absolute atomic E-state index is 12.2. The Hall–Kier alpha value is -1.88. The van der Waals surface area contributed by atoms with Crippen molar-refractivity contribution >= 4 is 17.5 Å². The molecule has 0 fully saturated rings. The lowest BCUT2D eigenvalue weighted by atomic mass is 9.87. The molecule has 1 aromatic rings. The molecule has 5 nitrogen and oxygen atoms in total. The summed E-state index contributed by atoms with van der Waals surface area (Å²) in [6.07, 6.45) is 0. The van der Waals surface area contributed by atoms with Gasteiger partial charge in [0.05, 0.1) is 6.04 Å². The molecule has 1 aromatic carbocycles. The molecule has 0 saturated heterocycles. The van der Waals surface area contributed by atoms with Crippen molar-refractivity contribution in [2.75, 3.05) is 19.4 Å². The SMILES string of the molecule is Cc1ccc(C(=O)N(C)C)cc1NC(=O)[C@@H](N)C(C)(C)C. The Morgan fingerprint density at radius 3 is 2.29 bits per heavy atom. The predicted octanol–water partition coefficient (Wildman–Crippen LogP) is 2.01. The largest absolute Gasteiger partial charge is 0.345 e. The van der Waals surface area contributed by atoms with E-state index < -0.39 is 6.04 Å². The Bertz CT molecular complexity index is 545. The summed E-state index contributed by atoms with van der Waals surface area (Å²) in [7, 11) is 3.38. The molecule has 0 aliphatic rings. The maximum atomic E-state index is 12.2. The van der Waals surface area contributed by atoms with E-state index in [1.807, 2.05) is 33.8 Å². The summed E-state index contributed by atoms with van der Waals surface area (Å²) in [5, 5.41) is 2.82. The molecule has 2 amide bonds. The molecule has 0 aliphatic carbocycles. The topological polar surface area (TPSA) is 75.4 Å². The normalized spacial score (nSPS) is 12.7. The third kappa shape index (κ3) is 4.29. The second-order valence-electron chi connectivity index (χ2n) is 6.56. The highest BCUT2D eigenvalue weighted by Crippen LogP contribution is 2.21. The van der Waals surface area contributed by atoms with Crippen LogP contribution in [0.25, 0.3) is 0 Å². The number of benzene rings is 1. The minimum atomic E-state index is -0.620. The Labute approximate surface area is 126 Å². The number of carbonyl (C=O) groups excluding carboxylic acids is 2. The molecule has 0 radical (unpaired) electrons. The van der Waals surface area contributed by atoms with Crippen LogP contribution in [-0.4, -0.2) is 36.9 Å². The van der Waals surface area contributed by atoms with E-state index in [9.17, 15) is 9.59 Å². The number of rotatable bonds is 3. The monoisotopic (exact) mass is 291 g/mol. The van der Waals surface area contributed by atoms with Gasteiger partial charge in [-0.3, -0.25) is 9.59 Å². The smallest absolute Gasteiger partial charge is 0.253 e. The molecule has 0 aromatic heterocycles. The van der Waals surface area contributed by atoms with E-state index in [0.717, 1.165) is 5.56 Å². The first-order chi connectivity index (χ1) is 9.54. The number of nitrogens with two attached hydrogens (primary N) is 1. The van der Waals surface area contributed by atoms with Gasteiger partial charge in [0, 0.05) is 25.3 Å². The number of nitrogens with one attached hydrogen (secondary N) is 1. The number of aryl methyl sites for hydroxylation is 1. The Balaban J connectivity index is 3.01. The molecule has 21 heavy (non-hydrogen) atoms. The third-order valence-electron chi connectivity index (χ3n) is 3.36. The summed E-state index contributed by atoms with van der Waals surface area (Å²) < 4.78 is 0. The molecule has 0 spiro atoms. The van der Waals surface area contributed by atoms with Crippen molar-refractivity contribution in [3.8, 4) is 0 Å². The van der Waals surface area contributed by atoms with Gasteiger partial charge < -0.3 is 16.0 Å². The van der Waals surface area contributed by atoms with Gasteiger partial charge in [-0.25, -0.2) is 0 Å². The van der Waals surface area contributed by atoms with Crippen molar-refractivity contribution in [1.29, 1.82) is 0 Å². The van der Waals surface area contributed by atoms with Crippen LogP contribution in [0.1, 0.15) is 36.7 Å². The van der Waals surface area contributed by atoms with Gasteiger partial charge in [-0.2, -0.15) is 0 Å². The predicted molar refractivity (Wildman–Crippen MR) is 85.3 cm³/mol. The lowest BCUT2D eigenvalue weighted by Crippen LogP contribution is -2.45. The van der Waals surface area contributed by atoms with E-state index in [1.54, 1.807) is 26.2 Å². The standard InChI is InChI=1S/C16H25N3O2/c1-10-7-8-11(15(21)19(5)6)9-12(10)18-14(20)13(17)16(2,3)4/h7-9,13H,17H2,1-6H3,(H,18,20)/t13-/m1/s1. The van der Waals surface area contributed by atoms with Gasteiger partial charge in [-0.05, 0) is 30.0 Å². The second kappa shape index (κ2) is 6.26. The molecular weight excluding hydrogens is 266 g/mol. The van der Waals surface area contributed by atoms with E-state index >= 15 is 0 Å². The fourth-order valence-corrected chi connectivity index (χ4v) is 1.75. The zero-order valence-electron chi connectivity index (χ0n) is 13.7. The van der Waals surface area contributed by atoms with E-state index in [2.05, 4.69) is 5.32 Å². The van der Waals surface area contributed by atoms with Crippen molar-refractivity contribution in [3.63, 3.8) is 0 Å². The number of carbonyl (C=O) groups is 2. The first kappa shape index (κ1) is 17.2. The van der Waals surface area contributed by atoms with Crippen molar-refractivity contribution in [1.82, 2.24) is 4.90 Å². The quantitative estimate of drug-likeness (QED) is 0.894. The highest BCUT2D eigenvalue weighted by molar-refractivity contribution is 5.99. The summed E-state index contributed by atoms with van der Waals surface area (Å²) in [5.74, 6) is -0.356. The van der Waals surface area contributed by atoms with Crippen molar-refractivity contribution in [3.05, 3.63) is 29.3 Å². The summed E-state index contributed by atoms with van der Waals surface area (Å²) in [6.45, 7) is 7.62. The van der Waals surface area contributed by atoms with E-state index in [-0.39, 0.29) is 17.2 Å². The average molecular weight is 291 g/mol. The third-order valence-corrected chi connectivity index (χ3v) is 3.36. The molecule has 0 aliphatic heterocycles. The molecule has 0 unspecified atom stereocenters. The molecular formula is C16H25N3O2. The van der Waals surface area contributed by atoms with Gasteiger partial charge in [-0.15, -0.1) is 0 Å². The van der Waals surface area contributed by atoms with Crippen LogP contribution >= 0.6 is 0 Å². The molecule has 5 heteroatoms. The molecule has 1 rings (SSSR count). The zero-order chi connectivity index (χ0) is 16.4. The van der Waals surface area contributed by atoms with Crippen LogP contribution in [0, 0.1) is 12.3 Å². The first-order valence-corrected chi connectivity index (χ1v) is 6.92. The highest BCUT2D eigenvalue weighted by Gasteiger charge is 2.27. The van der Waals surface area contributed by atoms with Crippen LogP contribution < -0.4 is 11.1 Å². The van der Waals surface area contributed by atoms with E-state index in [0.29, 0.717) is 11.3 Å². The van der Waals surface area contributed by atoms with E-state index in [1.165, 1.54) is 4.90 Å². The molecule has 0 saturated carbocycles. The van der Waals surface area contributed by atoms with Crippen molar-refractivity contribution in [2.24, 2.45) is 11.1 Å². The van der Waals surface area contributed by atoms with Gasteiger partial charge in [0.2, 0.25) is 5.91 Å². The van der Waals surface area contributed by atoms with Crippen LogP contribution in [0.5, 0.6) is 0 Å². The maximum Gasteiger partial charge on any atom is 0.253 e. The zero-order valence-corrected chi connectivity index (χ0v) is 13.7. The first-order valence-electron chi connectivity index (χ1n) is 6.92. The van der Waals surface area contributed by atoms with Gasteiger partial charge in [0.25, 0.3) is 5.91 Å². The number of hydrogen-bond acceptors (Lipinski definition) is 3. The number of hydrogen-bond donors (Lipinski definition) is 2. The van der Waals surface area contributed by atoms with Gasteiger partial charge in [0.1, 0.15) is 0 Å².